The van der Waals surface area contributed by atoms with Crippen LogP contribution in [0.4, 0.5) is 0 Å². The van der Waals surface area contributed by atoms with Crippen LogP contribution in [0.3, 0.4) is 0 Å². The van der Waals surface area contributed by atoms with Gasteiger partial charge in [-0.25, -0.2) is 9.97 Å². The van der Waals surface area contributed by atoms with Gasteiger partial charge in [0.1, 0.15) is 0 Å². The summed E-state index contributed by atoms with van der Waals surface area (Å²) in [4.78, 5) is 11.2. The molecule has 0 atom stereocenters. The number of nitrogens with zero attached hydrogens (tertiary/aromatic N) is 2. The van der Waals surface area contributed by atoms with Gasteiger partial charge in [-0.3, -0.25) is 0 Å². The molecule has 276 valence electrons. The lowest BCUT2D eigenvalue weighted by Gasteiger charge is -2.31. The van der Waals surface area contributed by atoms with Crippen LogP contribution < -0.4 is 15.9 Å². The highest BCUT2D eigenvalue weighted by atomic mass is 31.2. The van der Waals surface area contributed by atoms with E-state index in [2.05, 4.69) is 212 Å². The Morgan fingerprint density at radius 2 is 0.797 bits per heavy atom. The van der Waals surface area contributed by atoms with Gasteiger partial charge < -0.3 is 0 Å². The van der Waals surface area contributed by atoms with Crippen molar-refractivity contribution >= 4 is 50.6 Å². The van der Waals surface area contributed by atoms with Crippen LogP contribution in [-0.2, 0) is 5.41 Å². The Kier molecular flexibility index (Phi) is 7.45. The Balaban J connectivity index is 1.07. The second kappa shape index (κ2) is 12.9. The van der Waals surface area contributed by atoms with Crippen LogP contribution in [-0.4, -0.2) is 16.3 Å². The zero-order chi connectivity index (χ0) is 39.1. The minimum absolute atomic E-state index is 0.551. The third-order valence-electron chi connectivity index (χ3n) is 12.8. The third kappa shape index (κ3) is 4.88. The summed E-state index contributed by atoms with van der Waals surface area (Å²) in [6.45, 7) is -2.33. The van der Waals surface area contributed by atoms with Gasteiger partial charge in [0.05, 0.1) is 16.8 Å². The van der Waals surface area contributed by atoms with Crippen molar-refractivity contribution in [3.8, 4) is 45.0 Å². The molecule has 9 aromatic carbocycles. The highest BCUT2D eigenvalue weighted by Crippen LogP contribution is 2.64. The van der Waals surface area contributed by atoms with Gasteiger partial charge in [0, 0.05) is 22.3 Å². The van der Waals surface area contributed by atoms with Crippen molar-refractivity contribution in [3.05, 3.63) is 235 Å². The van der Waals surface area contributed by atoms with Crippen molar-refractivity contribution < 1.29 is 0 Å². The Hall–Kier alpha value is -7.12. The lowest BCUT2D eigenvalue weighted by Crippen LogP contribution is -2.27. The molecule has 3 heteroatoms. The minimum atomic E-state index is -2.33. The molecule has 0 saturated carbocycles. The first-order valence-electron chi connectivity index (χ1n) is 20.2. The molecule has 59 heavy (non-hydrogen) atoms. The standard InChI is InChI=1S/C56H37N2P/c1-59(44-33-27-37-15-5-7-19-41(37)35-44,45-34-28-38-16-6-8-20-42(38)36-45)43-31-29-40(30-32-43)55-57-53(39-17-3-2-4-18-39)52-54(58-55)48-23-11-14-26-51(48)56(52)49-24-12-9-21-46(49)47-22-10-13-25-50(47)56/h2-36H,1H2. The number of hydrogen-bond acceptors (Lipinski definition) is 2. The smallest absolute Gasteiger partial charge is 0.160 e. The zero-order valence-corrected chi connectivity index (χ0v) is 33.2. The fraction of sp³-hybridized carbons (Fsp3) is 0.0179. The number of benzene rings is 9. The first-order chi connectivity index (χ1) is 29.1. The van der Waals surface area contributed by atoms with E-state index in [4.69, 9.17) is 16.3 Å². The average Bonchev–Trinajstić information content (AvgIpc) is 3.78. The molecular weight excluding hydrogens is 732 g/mol. The highest BCUT2D eigenvalue weighted by Gasteiger charge is 2.54. The Bertz CT molecular complexity index is 3240. The van der Waals surface area contributed by atoms with Gasteiger partial charge >= 0.3 is 0 Å². The van der Waals surface area contributed by atoms with Crippen LogP contribution in [0.2, 0.25) is 0 Å². The van der Waals surface area contributed by atoms with E-state index in [1.165, 1.54) is 65.3 Å². The summed E-state index contributed by atoms with van der Waals surface area (Å²) in [7, 11) is 0. The maximum Gasteiger partial charge on any atom is 0.160 e. The lowest BCUT2D eigenvalue weighted by atomic mass is 9.69. The summed E-state index contributed by atoms with van der Waals surface area (Å²) in [6.07, 6.45) is 5.18. The first kappa shape index (κ1) is 34.0. The highest BCUT2D eigenvalue weighted by molar-refractivity contribution is 7.93. The summed E-state index contributed by atoms with van der Waals surface area (Å²) in [5, 5.41) is 8.61. The quantitative estimate of drug-likeness (QED) is 0.163. The Morgan fingerprint density at radius 3 is 1.37 bits per heavy atom. The molecule has 0 unspecified atom stereocenters. The van der Waals surface area contributed by atoms with Gasteiger partial charge in [-0.1, -0.05) is 206 Å². The van der Waals surface area contributed by atoms with Crippen molar-refractivity contribution in [2.24, 2.45) is 0 Å². The Morgan fingerprint density at radius 1 is 0.356 bits per heavy atom. The van der Waals surface area contributed by atoms with Crippen LogP contribution in [0.5, 0.6) is 0 Å². The van der Waals surface area contributed by atoms with E-state index in [1.54, 1.807) is 0 Å². The molecule has 1 spiro atoms. The molecule has 0 bridgehead atoms. The van der Waals surface area contributed by atoms with Gasteiger partial charge in [0.2, 0.25) is 0 Å². The van der Waals surface area contributed by atoms with E-state index in [-0.39, 0.29) is 0 Å². The predicted molar refractivity (Wildman–Crippen MR) is 250 cm³/mol. The lowest BCUT2D eigenvalue weighted by molar-refractivity contribution is 0.788. The van der Waals surface area contributed by atoms with Crippen molar-refractivity contribution in [3.63, 3.8) is 0 Å². The molecule has 0 fully saturated rings. The molecule has 0 aliphatic heterocycles. The fourth-order valence-corrected chi connectivity index (χ4v) is 13.0. The monoisotopic (exact) mass is 768 g/mol. The van der Waals surface area contributed by atoms with Crippen molar-refractivity contribution in [2.75, 3.05) is 0 Å². The van der Waals surface area contributed by atoms with Crippen molar-refractivity contribution in [1.29, 1.82) is 0 Å². The van der Waals surface area contributed by atoms with E-state index in [9.17, 15) is 0 Å². The van der Waals surface area contributed by atoms with Gasteiger partial charge in [-0.15, -0.1) is 0 Å². The van der Waals surface area contributed by atoms with Crippen LogP contribution in [0.1, 0.15) is 22.3 Å². The van der Waals surface area contributed by atoms with E-state index in [1.807, 2.05) is 0 Å². The number of aromatic nitrogens is 2. The van der Waals surface area contributed by atoms with Crippen LogP contribution >= 0.6 is 6.89 Å². The van der Waals surface area contributed by atoms with E-state index in [0.29, 0.717) is 5.82 Å². The number of rotatable bonds is 5. The summed E-state index contributed by atoms with van der Waals surface area (Å²) >= 11 is 0. The predicted octanol–water partition coefficient (Wildman–Crippen LogP) is 12.2. The van der Waals surface area contributed by atoms with E-state index >= 15 is 0 Å². The zero-order valence-electron chi connectivity index (χ0n) is 32.3. The average molecular weight is 769 g/mol. The van der Waals surface area contributed by atoms with Gasteiger partial charge in [-0.05, 0) is 84.3 Å². The molecule has 0 N–H and O–H groups in total. The first-order valence-corrected chi connectivity index (χ1v) is 22.2. The summed E-state index contributed by atoms with van der Waals surface area (Å²) in [6, 6.07) is 77.3. The summed E-state index contributed by atoms with van der Waals surface area (Å²) in [5.41, 5.74) is 12.1. The molecular formula is C56H37N2P. The third-order valence-corrected chi connectivity index (χ3v) is 16.3. The second-order valence-corrected chi connectivity index (χ2v) is 19.0. The molecule has 2 aliphatic carbocycles. The van der Waals surface area contributed by atoms with Crippen molar-refractivity contribution in [2.45, 2.75) is 5.41 Å². The van der Waals surface area contributed by atoms with E-state index < -0.39 is 12.3 Å². The Labute approximate surface area is 344 Å². The molecule has 2 aliphatic rings. The summed E-state index contributed by atoms with van der Waals surface area (Å²) in [5.74, 6) is 0.713. The van der Waals surface area contributed by atoms with Crippen LogP contribution in [0.25, 0.3) is 66.6 Å². The molecule has 2 nitrogen and oxygen atoms in total. The maximum atomic E-state index is 5.59. The molecule has 10 aromatic rings. The SMILES string of the molecule is C=P(c1ccc(-c2nc(-c3ccccc3)c3c(n2)-c2ccccc2C32c3ccccc3-c3ccccc32)cc1)(c1ccc2ccccc2c1)c1ccc2ccccc2c1. The second-order valence-electron chi connectivity index (χ2n) is 15.8. The molecule has 1 aromatic heterocycles. The molecule has 12 rings (SSSR count). The minimum Gasteiger partial charge on any atom is -0.228 e. The largest absolute Gasteiger partial charge is 0.228 e. The molecule has 0 saturated heterocycles. The summed E-state index contributed by atoms with van der Waals surface area (Å²) < 4.78 is 0. The van der Waals surface area contributed by atoms with Crippen LogP contribution in [0, 0.1) is 0 Å². The fourth-order valence-electron chi connectivity index (χ4n) is 10.0. The molecule has 1 heterocycles. The van der Waals surface area contributed by atoms with Gasteiger partial charge in [0.15, 0.2) is 5.82 Å². The van der Waals surface area contributed by atoms with Crippen LogP contribution in [0.15, 0.2) is 212 Å². The normalized spacial score (nSPS) is 13.3. The number of hydrogen-bond donors (Lipinski definition) is 0. The number of fused-ring (bicyclic) bond motifs is 12. The van der Waals surface area contributed by atoms with Crippen molar-refractivity contribution in [1.82, 2.24) is 9.97 Å². The molecule has 0 radical (unpaired) electrons. The topological polar surface area (TPSA) is 25.8 Å². The van der Waals surface area contributed by atoms with Gasteiger partial charge in [0.25, 0.3) is 0 Å². The van der Waals surface area contributed by atoms with E-state index in [0.717, 1.165) is 33.6 Å². The van der Waals surface area contributed by atoms with Gasteiger partial charge in [-0.2, -0.15) is 0 Å². The maximum absolute atomic E-state index is 5.59. The molecule has 0 amide bonds.